The molecule has 4 nitrogen and oxygen atoms in total. The summed E-state index contributed by atoms with van der Waals surface area (Å²) >= 11 is 0. The third kappa shape index (κ3) is 1.69. The van der Waals surface area contributed by atoms with E-state index >= 15 is 0 Å². The molecule has 0 unspecified atom stereocenters. The number of hydrogen-bond donors (Lipinski definition) is 1. The Hall–Kier alpha value is -1.16. The molecule has 0 aromatic carbocycles. The van der Waals surface area contributed by atoms with Gasteiger partial charge in [0.2, 0.25) is 5.95 Å². The van der Waals surface area contributed by atoms with Crippen LogP contribution in [0.1, 0.15) is 17.7 Å². The number of nitrogens with zero attached hydrogens (tertiary/aromatic N) is 3. The molecule has 15 heavy (non-hydrogen) atoms. The van der Waals surface area contributed by atoms with E-state index in [0.717, 1.165) is 45.0 Å². The molecule has 0 atom stereocenters. The lowest BCUT2D eigenvalue weighted by atomic mass is 10.1. The number of fused-ring (bicyclic) bond motifs is 1. The van der Waals surface area contributed by atoms with Gasteiger partial charge in [-0.3, -0.25) is 0 Å². The lowest BCUT2D eigenvalue weighted by Gasteiger charge is -2.31. The van der Waals surface area contributed by atoms with Crippen LogP contribution in [0, 0.1) is 0 Å². The van der Waals surface area contributed by atoms with E-state index in [1.165, 1.54) is 17.7 Å². The molecule has 1 N–H and O–H groups in total. The lowest BCUT2D eigenvalue weighted by molar-refractivity contribution is 0.597. The van der Waals surface area contributed by atoms with Crippen LogP contribution >= 0.6 is 0 Å². The average molecular weight is 204 g/mol. The van der Waals surface area contributed by atoms with Crippen LogP contribution in [0.15, 0.2) is 6.20 Å². The van der Waals surface area contributed by atoms with Crippen LogP contribution in [0.4, 0.5) is 5.95 Å². The number of hydrogen-bond acceptors (Lipinski definition) is 4. The van der Waals surface area contributed by atoms with Gasteiger partial charge in [0, 0.05) is 32.3 Å². The Labute approximate surface area is 89.7 Å². The first-order valence-electron chi connectivity index (χ1n) is 5.74. The highest BCUT2D eigenvalue weighted by Gasteiger charge is 2.19. The number of nitrogens with one attached hydrogen (secondary N) is 1. The lowest BCUT2D eigenvalue weighted by Crippen LogP contribution is -2.38. The van der Waals surface area contributed by atoms with E-state index in [0.29, 0.717) is 0 Å². The standard InChI is InChI=1S/C11H16N4/c1-6-15(7-1)11-13-8-9-2-4-12-5-3-10(9)14-11/h8,12H,1-7H2. The van der Waals surface area contributed by atoms with Crippen molar-refractivity contribution in [2.45, 2.75) is 19.3 Å². The largest absolute Gasteiger partial charge is 0.341 e. The smallest absolute Gasteiger partial charge is 0.225 e. The fourth-order valence-electron chi connectivity index (χ4n) is 2.08. The molecule has 4 heteroatoms. The van der Waals surface area contributed by atoms with Gasteiger partial charge in [0.1, 0.15) is 0 Å². The zero-order chi connectivity index (χ0) is 10.1. The summed E-state index contributed by atoms with van der Waals surface area (Å²) in [5.41, 5.74) is 2.57. The van der Waals surface area contributed by atoms with E-state index < -0.39 is 0 Å². The van der Waals surface area contributed by atoms with Gasteiger partial charge in [0.15, 0.2) is 0 Å². The Morgan fingerprint density at radius 3 is 2.87 bits per heavy atom. The molecule has 1 aromatic heterocycles. The van der Waals surface area contributed by atoms with Crippen LogP contribution in [0.2, 0.25) is 0 Å². The van der Waals surface area contributed by atoms with Gasteiger partial charge in [-0.25, -0.2) is 9.97 Å². The molecule has 1 aromatic rings. The van der Waals surface area contributed by atoms with Crippen molar-refractivity contribution < 1.29 is 0 Å². The Bertz CT molecular complexity index is 360. The van der Waals surface area contributed by atoms with Crippen LogP contribution in [0.5, 0.6) is 0 Å². The van der Waals surface area contributed by atoms with Crippen molar-refractivity contribution in [3.63, 3.8) is 0 Å². The van der Waals surface area contributed by atoms with Crippen molar-refractivity contribution in [3.8, 4) is 0 Å². The van der Waals surface area contributed by atoms with Gasteiger partial charge < -0.3 is 10.2 Å². The first-order chi connectivity index (χ1) is 7.43. The van der Waals surface area contributed by atoms with Crippen LogP contribution in [0.3, 0.4) is 0 Å². The molecular formula is C11H16N4. The Balaban J connectivity index is 1.89. The van der Waals surface area contributed by atoms with Gasteiger partial charge in [-0.1, -0.05) is 0 Å². The van der Waals surface area contributed by atoms with Crippen LogP contribution in [-0.4, -0.2) is 36.1 Å². The highest BCUT2D eigenvalue weighted by molar-refractivity contribution is 5.36. The first-order valence-corrected chi connectivity index (χ1v) is 5.74. The monoisotopic (exact) mass is 204 g/mol. The van der Waals surface area contributed by atoms with E-state index in [2.05, 4.69) is 20.2 Å². The van der Waals surface area contributed by atoms with Gasteiger partial charge in [-0.15, -0.1) is 0 Å². The summed E-state index contributed by atoms with van der Waals surface area (Å²) in [6.07, 6.45) is 5.40. The van der Waals surface area contributed by atoms with Gasteiger partial charge in [-0.2, -0.15) is 0 Å². The first kappa shape index (κ1) is 9.09. The molecule has 2 aliphatic heterocycles. The predicted octanol–water partition coefficient (Wildman–Crippen LogP) is 0.375. The summed E-state index contributed by atoms with van der Waals surface area (Å²) in [6, 6.07) is 0. The number of anilines is 1. The fourth-order valence-corrected chi connectivity index (χ4v) is 2.08. The second kappa shape index (κ2) is 3.77. The number of rotatable bonds is 1. The molecule has 2 aliphatic rings. The summed E-state index contributed by atoms with van der Waals surface area (Å²) < 4.78 is 0. The minimum Gasteiger partial charge on any atom is -0.341 e. The van der Waals surface area contributed by atoms with Crippen LogP contribution in [0.25, 0.3) is 0 Å². The Morgan fingerprint density at radius 1 is 1.20 bits per heavy atom. The van der Waals surface area contributed by atoms with Crippen molar-refractivity contribution in [3.05, 3.63) is 17.5 Å². The molecule has 0 radical (unpaired) electrons. The highest BCUT2D eigenvalue weighted by atomic mass is 15.3. The normalized spacial score (nSPS) is 20.4. The summed E-state index contributed by atoms with van der Waals surface area (Å²) in [5, 5.41) is 3.39. The Kier molecular flexibility index (Phi) is 2.29. The SMILES string of the molecule is c1nc(N2CCC2)nc2c1CCNCC2. The second-order valence-corrected chi connectivity index (χ2v) is 4.23. The van der Waals surface area contributed by atoms with E-state index in [4.69, 9.17) is 0 Å². The summed E-state index contributed by atoms with van der Waals surface area (Å²) in [5.74, 6) is 0.932. The molecule has 0 amide bonds. The molecule has 1 fully saturated rings. The predicted molar refractivity (Wildman–Crippen MR) is 59.1 cm³/mol. The third-order valence-corrected chi connectivity index (χ3v) is 3.19. The van der Waals surface area contributed by atoms with Crippen LogP contribution in [-0.2, 0) is 12.8 Å². The molecule has 3 heterocycles. The summed E-state index contributed by atoms with van der Waals surface area (Å²) in [7, 11) is 0. The van der Waals surface area contributed by atoms with Gasteiger partial charge in [0.25, 0.3) is 0 Å². The third-order valence-electron chi connectivity index (χ3n) is 3.19. The highest BCUT2D eigenvalue weighted by Crippen LogP contribution is 2.18. The van der Waals surface area contributed by atoms with Crippen molar-refractivity contribution in [2.24, 2.45) is 0 Å². The van der Waals surface area contributed by atoms with Crippen molar-refractivity contribution >= 4 is 5.95 Å². The quantitative estimate of drug-likeness (QED) is 0.718. The maximum atomic E-state index is 4.67. The molecule has 80 valence electrons. The maximum absolute atomic E-state index is 4.67. The molecule has 0 bridgehead atoms. The van der Waals surface area contributed by atoms with E-state index in [-0.39, 0.29) is 0 Å². The van der Waals surface area contributed by atoms with Crippen molar-refractivity contribution in [1.82, 2.24) is 15.3 Å². The van der Waals surface area contributed by atoms with E-state index in [1.54, 1.807) is 0 Å². The molecule has 3 rings (SSSR count). The van der Waals surface area contributed by atoms with Crippen LogP contribution < -0.4 is 10.2 Å². The second-order valence-electron chi connectivity index (χ2n) is 4.23. The zero-order valence-corrected chi connectivity index (χ0v) is 8.87. The van der Waals surface area contributed by atoms with Crippen molar-refractivity contribution in [1.29, 1.82) is 0 Å². The van der Waals surface area contributed by atoms with Gasteiger partial charge in [-0.05, 0) is 24.9 Å². The minimum absolute atomic E-state index is 0.932. The summed E-state index contributed by atoms with van der Waals surface area (Å²) in [4.78, 5) is 11.4. The maximum Gasteiger partial charge on any atom is 0.225 e. The van der Waals surface area contributed by atoms with E-state index in [1.807, 2.05) is 6.20 Å². The zero-order valence-electron chi connectivity index (χ0n) is 8.87. The number of aromatic nitrogens is 2. The molecule has 0 spiro atoms. The van der Waals surface area contributed by atoms with Crippen molar-refractivity contribution in [2.75, 3.05) is 31.1 Å². The van der Waals surface area contributed by atoms with E-state index in [9.17, 15) is 0 Å². The molecule has 0 saturated carbocycles. The molecule has 0 aliphatic carbocycles. The minimum atomic E-state index is 0.932. The Morgan fingerprint density at radius 2 is 2.07 bits per heavy atom. The van der Waals surface area contributed by atoms with Gasteiger partial charge >= 0.3 is 0 Å². The molecular weight excluding hydrogens is 188 g/mol. The average Bonchev–Trinajstić information content (AvgIpc) is 2.39. The summed E-state index contributed by atoms with van der Waals surface area (Å²) in [6.45, 7) is 4.34. The fraction of sp³-hybridized carbons (Fsp3) is 0.636. The topological polar surface area (TPSA) is 41.1 Å². The van der Waals surface area contributed by atoms with Gasteiger partial charge in [0.05, 0.1) is 5.69 Å². The molecule has 1 saturated heterocycles.